The van der Waals surface area contributed by atoms with Crippen LogP contribution in [0, 0.1) is 10.1 Å². The summed E-state index contributed by atoms with van der Waals surface area (Å²) in [5, 5.41) is 14.0. The summed E-state index contributed by atoms with van der Waals surface area (Å²) in [6.45, 7) is 0. The third-order valence-electron chi connectivity index (χ3n) is 5.37. The first-order valence-corrected chi connectivity index (χ1v) is 11.5. The summed E-state index contributed by atoms with van der Waals surface area (Å²) in [7, 11) is -3.79. The topological polar surface area (TPSA) is 94.6 Å². The molecule has 0 bridgehead atoms. The average molecular weight is 443 g/mol. The van der Waals surface area contributed by atoms with Gasteiger partial charge in [-0.2, -0.15) is 4.40 Å². The first kappa shape index (κ1) is 19.9. The molecular weight excluding hydrogens is 426 g/mol. The maximum Gasteiger partial charge on any atom is 0.352 e. The van der Waals surface area contributed by atoms with Crippen LogP contribution < -0.4 is 0 Å². The Hall–Kier alpha value is -4.04. The Morgan fingerprint density at radius 2 is 1.59 bits per heavy atom. The van der Waals surface area contributed by atoms with E-state index in [2.05, 4.69) is 4.98 Å². The number of nitro groups is 1. The van der Waals surface area contributed by atoms with Crippen molar-refractivity contribution in [3.05, 3.63) is 107 Å². The van der Waals surface area contributed by atoms with E-state index in [1.807, 2.05) is 48.5 Å². The molecule has 158 valence electrons. The monoisotopic (exact) mass is 443 g/mol. The summed E-state index contributed by atoms with van der Waals surface area (Å²) in [6, 6.07) is 25.2. The van der Waals surface area contributed by atoms with Gasteiger partial charge in [-0.15, -0.1) is 0 Å². The van der Waals surface area contributed by atoms with Gasteiger partial charge in [0.1, 0.15) is 11.9 Å². The summed E-state index contributed by atoms with van der Waals surface area (Å²) in [6.07, 6.45) is 1.64. The highest BCUT2D eigenvalue weighted by atomic mass is 32.2. The molecule has 7 nitrogen and oxygen atoms in total. The number of fused-ring (bicyclic) bond motifs is 2. The summed E-state index contributed by atoms with van der Waals surface area (Å²) in [5.41, 5.74) is 1.92. The summed E-state index contributed by atoms with van der Waals surface area (Å²) in [4.78, 5) is 15.7. The molecule has 0 aliphatic rings. The average Bonchev–Trinajstić information content (AvgIpc) is 3.15. The van der Waals surface area contributed by atoms with E-state index in [0.717, 1.165) is 21.9 Å². The lowest BCUT2D eigenvalue weighted by Gasteiger charge is -2.06. The lowest BCUT2D eigenvalue weighted by molar-refractivity contribution is -0.391. The quantitative estimate of drug-likeness (QED) is 0.280. The molecule has 0 unspecified atom stereocenters. The van der Waals surface area contributed by atoms with E-state index in [4.69, 9.17) is 0 Å². The molecule has 0 fully saturated rings. The molecule has 0 N–H and O–H groups in total. The van der Waals surface area contributed by atoms with Crippen LogP contribution in [0.2, 0.25) is 0 Å². The highest BCUT2D eigenvalue weighted by molar-refractivity contribution is 7.90. The third-order valence-corrected chi connectivity index (χ3v) is 7.01. The first-order valence-electron chi connectivity index (χ1n) is 9.85. The number of benzene rings is 3. The maximum atomic E-state index is 12.8. The minimum Gasteiger partial charge on any atom is -0.358 e. The van der Waals surface area contributed by atoms with Crippen LogP contribution in [-0.2, 0) is 15.6 Å². The summed E-state index contributed by atoms with van der Waals surface area (Å²) >= 11 is 0. The van der Waals surface area contributed by atoms with E-state index in [-0.39, 0.29) is 16.4 Å². The van der Waals surface area contributed by atoms with Gasteiger partial charge in [0.25, 0.3) is 0 Å². The second-order valence-corrected chi connectivity index (χ2v) is 9.37. The lowest BCUT2D eigenvalue weighted by Crippen LogP contribution is -2.07. The van der Waals surface area contributed by atoms with Crippen LogP contribution in [-0.4, -0.2) is 22.7 Å². The van der Waals surface area contributed by atoms with Crippen LogP contribution in [0.3, 0.4) is 0 Å². The fourth-order valence-corrected chi connectivity index (χ4v) is 5.19. The predicted molar refractivity (Wildman–Crippen MR) is 122 cm³/mol. The standard InChI is InChI=1S/C24H17N3O4S/c28-27(29)24-22(16-32(30,31)19-9-2-1-3-10-19)25-23-14-13-18(15-26(23)24)21-12-6-8-17-7-4-5-11-20(17)21/h1-15H,16H2. The highest BCUT2D eigenvalue weighted by Crippen LogP contribution is 2.31. The molecule has 0 aliphatic carbocycles. The van der Waals surface area contributed by atoms with Gasteiger partial charge in [0.05, 0.1) is 4.90 Å². The number of sulfone groups is 1. The Balaban J connectivity index is 1.66. The van der Waals surface area contributed by atoms with Crippen molar-refractivity contribution < 1.29 is 13.3 Å². The van der Waals surface area contributed by atoms with Crippen LogP contribution in [0.15, 0.2) is 96.0 Å². The maximum absolute atomic E-state index is 12.8. The molecule has 2 heterocycles. The number of nitrogens with zero attached hydrogens (tertiary/aromatic N) is 3. The largest absolute Gasteiger partial charge is 0.358 e. The fourth-order valence-electron chi connectivity index (χ4n) is 3.90. The molecule has 8 heteroatoms. The van der Waals surface area contributed by atoms with Crippen LogP contribution in [0.4, 0.5) is 5.82 Å². The summed E-state index contributed by atoms with van der Waals surface area (Å²) < 4.78 is 27.0. The zero-order valence-corrected chi connectivity index (χ0v) is 17.6. The van der Waals surface area contributed by atoms with Crippen molar-refractivity contribution in [3.63, 3.8) is 0 Å². The van der Waals surface area contributed by atoms with Gasteiger partial charge in [0.15, 0.2) is 15.5 Å². The molecule has 5 rings (SSSR count). The molecule has 0 radical (unpaired) electrons. The van der Waals surface area contributed by atoms with Crippen LogP contribution in [0.1, 0.15) is 5.69 Å². The van der Waals surface area contributed by atoms with Crippen molar-refractivity contribution in [2.24, 2.45) is 0 Å². The van der Waals surface area contributed by atoms with Gasteiger partial charge < -0.3 is 10.1 Å². The van der Waals surface area contributed by atoms with E-state index in [1.165, 1.54) is 16.5 Å². The SMILES string of the molecule is O=[N+]([O-])c1c(CS(=O)(=O)c2ccccc2)nc2ccc(-c3cccc4ccccc34)cn12. The highest BCUT2D eigenvalue weighted by Gasteiger charge is 2.28. The minimum absolute atomic E-state index is 0.0890. The lowest BCUT2D eigenvalue weighted by atomic mass is 9.99. The second kappa shape index (κ2) is 7.58. The second-order valence-electron chi connectivity index (χ2n) is 7.38. The molecule has 2 aromatic heterocycles. The van der Waals surface area contributed by atoms with E-state index in [9.17, 15) is 18.5 Å². The van der Waals surface area contributed by atoms with Gasteiger partial charge in [-0.1, -0.05) is 60.7 Å². The molecule has 5 aromatic rings. The molecule has 3 aromatic carbocycles. The molecule has 0 saturated heterocycles. The van der Waals surface area contributed by atoms with Gasteiger partial charge >= 0.3 is 5.82 Å². The molecule has 0 aliphatic heterocycles. The fraction of sp³-hybridized carbons (Fsp3) is 0.0417. The Kier molecular flexibility index (Phi) is 4.71. The van der Waals surface area contributed by atoms with Gasteiger partial charge in [-0.3, -0.25) is 0 Å². The summed E-state index contributed by atoms with van der Waals surface area (Å²) in [5.74, 6) is -0.903. The van der Waals surface area contributed by atoms with Crippen molar-refractivity contribution in [2.75, 3.05) is 0 Å². The Bertz CT molecular complexity index is 1590. The van der Waals surface area contributed by atoms with E-state index in [0.29, 0.717) is 5.65 Å². The number of hydrogen-bond donors (Lipinski definition) is 0. The number of hydrogen-bond acceptors (Lipinski definition) is 5. The Morgan fingerprint density at radius 3 is 2.38 bits per heavy atom. The van der Waals surface area contributed by atoms with Crippen molar-refractivity contribution in [3.8, 4) is 11.1 Å². The van der Waals surface area contributed by atoms with Crippen LogP contribution in [0.5, 0.6) is 0 Å². The normalized spacial score (nSPS) is 11.8. The Morgan fingerprint density at radius 1 is 0.875 bits per heavy atom. The van der Waals surface area contributed by atoms with Crippen LogP contribution in [0.25, 0.3) is 27.5 Å². The number of rotatable bonds is 5. The molecule has 0 spiro atoms. The van der Waals surface area contributed by atoms with E-state index < -0.39 is 20.5 Å². The third kappa shape index (κ3) is 3.40. The van der Waals surface area contributed by atoms with E-state index >= 15 is 0 Å². The van der Waals surface area contributed by atoms with Gasteiger partial charge in [-0.25, -0.2) is 13.4 Å². The predicted octanol–water partition coefficient (Wildman–Crippen LogP) is 5.04. The molecule has 32 heavy (non-hydrogen) atoms. The number of aromatic nitrogens is 2. The van der Waals surface area contributed by atoms with Crippen LogP contribution >= 0.6 is 0 Å². The van der Waals surface area contributed by atoms with E-state index in [1.54, 1.807) is 30.5 Å². The smallest absolute Gasteiger partial charge is 0.352 e. The molecular formula is C24H17N3O4S. The van der Waals surface area contributed by atoms with Gasteiger partial charge in [0, 0.05) is 11.6 Å². The molecule has 0 saturated carbocycles. The minimum atomic E-state index is -3.79. The molecule has 0 atom stereocenters. The van der Waals surface area contributed by atoms with Crippen molar-refractivity contribution in [2.45, 2.75) is 10.6 Å². The van der Waals surface area contributed by atoms with Crippen molar-refractivity contribution in [1.82, 2.24) is 9.38 Å². The zero-order valence-electron chi connectivity index (χ0n) is 16.8. The number of imidazole rings is 1. The first-order chi connectivity index (χ1) is 15.4. The molecule has 0 amide bonds. The Labute approximate surface area is 183 Å². The zero-order chi connectivity index (χ0) is 22.3. The van der Waals surface area contributed by atoms with Crippen molar-refractivity contribution in [1.29, 1.82) is 0 Å². The van der Waals surface area contributed by atoms with Crippen molar-refractivity contribution >= 4 is 32.1 Å². The van der Waals surface area contributed by atoms with Gasteiger partial charge in [0.2, 0.25) is 5.65 Å². The van der Waals surface area contributed by atoms with Gasteiger partial charge in [-0.05, 0) is 39.5 Å². The number of pyridine rings is 1.